The molecule has 0 radical (unpaired) electrons. The molecule has 0 spiro atoms. The van der Waals surface area contributed by atoms with E-state index in [1.165, 1.54) is 19.3 Å². The highest BCUT2D eigenvalue weighted by atomic mass is 19.1. The third-order valence-electron chi connectivity index (χ3n) is 2.90. The van der Waals surface area contributed by atoms with E-state index in [1.807, 2.05) is 0 Å². The molecule has 0 amide bonds. The molecule has 1 nitrogen and oxygen atoms in total. The Hall–Kier alpha value is -0.110. The Bertz CT molecular complexity index is 130. The summed E-state index contributed by atoms with van der Waals surface area (Å²) in [4.78, 5) is 0. The van der Waals surface area contributed by atoms with Crippen molar-refractivity contribution in [3.05, 3.63) is 0 Å². The molecule has 0 atom stereocenters. The summed E-state index contributed by atoms with van der Waals surface area (Å²) in [5, 5.41) is 3.23. The molecule has 1 saturated carbocycles. The quantitative estimate of drug-likeness (QED) is 0.630. The third kappa shape index (κ3) is 4.08. The number of hydrogen-bond acceptors (Lipinski definition) is 1. The molecule has 1 aliphatic carbocycles. The number of hydrogen-bond donors (Lipinski definition) is 1. The van der Waals surface area contributed by atoms with E-state index in [9.17, 15) is 4.39 Å². The maximum absolute atomic E-state index is 13.8. The lowest BCUT2D eigenvalue weighted by atomic mass is 10.1. The molecule has 1 rings (SSSR count). The Balaban J connectivity index is 1.98. The largest absolute Gasteiger partial charge is 0.314 e. The number of halogens is 1. The minimum atomic E-state index is -0.869. The van der Waals surface area contributed by atoms with E-state index in [0.29, 0.717) is 6.54 Å². The minimum absolute atomic E-state index is 0.580. The fourth-order valence-electron chi connectivity index (χ4n) is 2.00. The molecule has 0 aliphatic heterocycles. The third-order valence-corrected chi connectivity index (χ3v) is 2.90. The zero-order chi connectivity index (χ0) is 9.57. The minimum Gasteiger partial charge on any atom is -0.314 e. The molecule has 0 heterocycles. The van der Waals surface area contributed by atoms with Crippen molar-refractivity contribution in [2.75, 3.05) is 13.1 Å². The molecule has 2 heteroatoms. The maximum atomic E-state index is 13.8. The monoisotopic (exact) mass is 187 g/mol. The van der Waals surface area contributed by atoms with Gasteiger partial charge in [0, 0.05) is 6.54 Å². The Kier molecular flexibility index (Phi) is 4.71. The van der Waals surface area contributed by atoms with Gasteiger partial charge in [-0.05, 0) is 25.8 Å². The van der Waals surface area contributed by atoms with Gasteiger partial charge in [0.15, 0.2) is 0 Å². The van der Waals surface area contributed by atoms with Gasteiger partial charge in [0.1, 0.15) is 5.67 Å². The van der Waals surface area contributed by atoms with Gasteiger partial charge in [0.25, 0.3) is 0 Å². The van der Waals surface area contributed by atoms with Crippen LogP contribution in [0.1, 0.15) is 51.9 Å². The summed E-state index contributed by atoms with van der Waals surface area (Å²) >= 11 is 0. The molecule has 13 heavy (non-hydrogen) atoms. The highest BCUT2D eigenvalue weighted by molar-refractivity contribution is 4.86. The number of alkyl halides is 1. The highest BCUT2D eigenvalue weighted by Crippen LogP contribution is 2.32. The van der Waals surface area contributed by atoms with Crippen molar-refractivity contribution in [3.8, 4) is 0 Å². The first-order chi connectivity index (χ1) is 6.27. The molecule has 1 aliphatic rings. The van der Waals surface area contributed by atoms with E-state index >= 15 is 0 Å². The van der Waals surface area contributed by atoms with Crippen molar-refractivity contribution in [2.24, 2.45) is 0 Å². The van der Waals surface area contributed by atoms with Gasteiger partial charge in [-0.3, -0.25) is 0 Å². The van der Waals surface area contributed by atoms with Gasteiger partial charge in [-0.25, -0.2) is 4.39 Å². The molecule has 78 valence electrons. The predicted molar refractivity (Wildman–Crippen MR) is 54.7 cm³/mol. The molecule has 0 aromatic carbocycles. The van der Waals surface area contributed by atoms with E-state index < -0.39 is 5.67 Å². The molecule has 0 unspecified atom stereocenters. The Morgan fingerprint density at radius 1 is 1.23 bits per heavy atom. The van der Waals surface area contributed by atoms with Crippen molar-refractivity contribution in [3.63, 3.8) is 0 Å². The summed E-state index contributed by atoms with van der Waals surface area (Å²) < 4.78 is 13.8. The van der Waals surface area contributed by atoms with E-state index in [2.05, 4.69) is 12.2 Å². The molecular weight excluding hydrogens is 165 g/mol. The average Bonchev–Trinajstić information content (AvgIpc) is 2.53. The first-order valence-electron chi connectivity index (χ1n) is 5.66. The van der Waals surface area contributed by atoms with Crippen LogP contribution in [0.25, 0.3) is 0 Å². The molecule has 1 fully saturated rings. The molecular formula is C11H22FN. The van der Waals surface area contributed by atoms with Gasteiger partial charge < -0.3 is 5.32 Å². The average molecular weight is 187 g/mol. The van der Waals surface area contributed by atoms with Crippen LogP contribution in [0, 0.1) is 0 Å². The summed E-state index contributed by atoms with van der Waals surface area (Å²) in [5.74, 6) is 0. The number of nitrogens with one attached hydrogen (secondary N) is 1. The summed E-state index contributed by atoms with van der Waals surface area (Å²) in [6.45, 7) is 3.75. The lowest BCUT2D eigenvalue weighted by molar-refractivity contribution is 0.168. The molecule has 0 aromatic heterocycles. The topological polar surface area (TPSA) is 12.0 Å². The Morgan fingerprint density at radius 2 is 1.92 bits per heavy atom. The smallest absolute Gasteiger partial charge is 0.123 e. The van der Waals surface area contributed by atoms with Crippen LogP contribution >= 0.6 is 0 Å². The van der Waals surface area contributed by atoms with E-state index in [0.717, 1.165) is 32.2 Å². The van der Waals surface area contributed by atoms with Crippen LogP contribution < -0.4 is 5.32 Å². The number of rotatable bonds is 6. The lowest BCUT2D eigenvalue weighted by Crippen LogP contribution is -2.34. The van der Waals surface area contributed by atoms with Crippen molar-refractivity contribution in [1.82, 2.24) is 5.32 Å². The molecule has 0 bridgehead atoms. The normalized spacial score (nSPS) is 20.8. The zero-order valence-electron chi connectivity index (χ0n) is 8.74. The predicted octanol–water partition coefficient (Wildman–Crippen LogP) is 3.05. The summed E-state index contributed by atoms with van der Waals surface area (Å²) in [5.41, 5.74) is -0.869. The van der Waals surface area contributed by atoms with E-state index in [-0.39, 0.29) is 0 Å². The lowest BCUT2D eigenvalue weighted by Gasteiger charge is -2.19. The van der Waals surface area contributed by atoms with Gasteiger partial charge in [0.05, 0.1) is 0 Å². The van der Waals surface area contributed by atoms with E-state index in [4.69, 9.17) is 0 Å². The van der Waals surface area contributed by atoms with Gasteiger partial charge >= 0.3 is 0 Å². The SMILES string of the molecule is CCCCCNCC1(F)CCCC1. The second kappa shape index (κ2) is 5.58. The van der Waals surface area contributed by atoms with Crippen LogP contribution in [0.5, 0.6) is 0 Å². The van der Waals surface area contributed by atoms with Crippen molar-refractivity contribution >= 4 is 0 Å². The Labute approximate surface area is 81.1 Å². The standard InChI is InChI=1S/C11H22FN/c1-2-3-6-9-13-10-11(12)7-4-5-8-11/h13H,2-10H2,1H3. The molecule has 0 saturated heterocycles. The van der Waals surface area contributed by atoms with Gasteiger partial charge in [-0.2, -0.15) is 0 Å². The first-order valence-corrected chi connectivity index (χ1v) is 5.66. The molecule has 1 N–H and O–H groups in total. The van der Waals surface area contributed by atoms with Crippen LogP contribution in [0.4, 0.5) is 4.39 Å². The highest BCUT2D eigenvalue weighted by Gasteiger charge is 2.32. The van der Waals surface area contributed by atoms with Crippen LogP contribution in [-0.4, -0.2) is 18.8 Å². The van der Waals surface area contributed by atoms with Crippen molar-refractivity contribution < 1.29 is 4.39 Å². The van der Waals surface area contributed by atoms with E-state index in [1.54, 1.807) is 0 Å². The zero-order valence-corrected chi connectivity index (χ0v) is 8.74. The second-order valence-electron chi connectivity index (χ2n) is 4.24. The Morgan fingerprint density at radius 3 is 2.54 bits per heavy atom. The molecule has 0 aromatic rings. The summed E-state index contributed by atoms with van der Waals surface area (Å²) in [7, 11) is 0. The summed E-state index contributed by atoms with van der Waals surface area (Å²) in [6.07, 6.45) is 7.38. The fraction of sp³-hybridized carbons (Fsp3) is 1.00. The fourth-order valence-corrected chi connectivity index (χ4v) is 2.00. The van der Waals surface area contributed by atoms with Gasteiger partial charge in [-0.1, -0.05) is 32.6 Å². The van der Waals surface area contributed by atoms with Gasteiger partial charge in [-0.15, -0.1) is 0 Å². The van der Waals surface area contributed by atoms with Gasteiger partial charge in [0.2, 0.25) is 0 Å². The van der Waals surface area contributed by atoms with Crippen LogP contribution in [0.3, 0.4) is 0 Å². The van der Waals surface area contributed by atoms with Crippen LogP contribution in [0.2, 0.25) is 0 Å². The second-order valence-corrected chi connectivity index (χ2v) is 4.24. The van der Waals surface area contributed by atoms with Crippen molar-refractivity contribution in [1.29, 1.82) is 0 Å². The van der Waals surface area contributed by atoms with Crippen molar-refractivity contribution in [2.45, 2.75) is 57.5 Å². The maximum Gasteiger partial charge on any atom is 0.123 e. The first kappa shape index (κ1) is 11.0. The summed E-state index contributed by atoms with van der Waals surface area (Å²) in [6, 6.07) is 0. The van der Waals surface area contributed by atoms with Crippen LogP contribution in [0.15, 0.2) is 0 Å². The van der Waals surface area contributed by atoms with Crippen LogP contribution in [-0.2, 0) is 0 Å². The number of unbranched alkanes of at least 4 members (excludes halogenated alkanes) is 2.